The summed E-state index contributed by atoms with van der Waals surface area (Å²) in [5, 5.41) is 24.6. The van der Waals surface area contributed by atoms with E-state index < -0.39 is 141 Å². The van der Waals surface area contributed by atoms with Gasteiger partial charge in [0.2, 0.25) is 0 Å². The van der Waals surface area contributed by atoms with Crippen LogP contribution in [0.4, 0.5) is 52.7 Å². The van der Waals surface area contributed by atoms with E-state index in [2.05, 4.69) is 9.97 Å². The lowest BCUT2D eigenvalue weighted by Gasteiger charge is -2.45. The molecule has 3 aliphatic heterocycles. The van der Waals surface area contributed by atoms with E-state index in [1.165, 1.54) is 133 Å². The average molecular weight is 1000 g/mol. The van der Waals surface area contributed by atoms with Crippen LogP contribution in [0.25, 0.3) is 11.1 Å². The number of hydrogen-bond acceptors (Lipinski definition) is 2. The Balaban J connectivity index is 1.50. The molecule has 0 saturated heterocycles. The third-order valence-corrected chi connectivity index (χ3v) is 14.5. The molecule has 4 aromatic carbocycles. The summed E-state index contributed by atoms with van der Waals surface area (Å²) in [5.41, 5.74) is -20.3. The number of nitrogens with zero attached hydrogens (tertiary/aromatic N) is 2. The highest BCUT2D eigenvalue weighted by atomic mass is 19.4. The average Bonchev–Trinajstić information content (AvgIpc) is 4.16. The quantitative estimate of drug-likeness (QED) is 0.133. The fourth-order valence-electron chi connectivity index (χ4n) is 12.0. The minimum Gasteiger partial charge on any atom is -0.391 e. The first kappa shape index (κ1) is 47.2. The van der Waals surface area contributed by atoms with Gasteiger partial charge in [-0.05, 0) is 59.4 Å². The van der Waals surface area contributed by atoms with E-state index >= 15 is 52.7 Å². The number of alkyl halides is 12. The van der Waals surface area contributed by atoms with Gasteiger partial charge in [-0.3, -0.25) is 0 Å². The molecule has 12 bridgehead atoms. The van der Waals surface area contributed by atoms with Crippen LogP contribution in [0.1, 0.15) is 91.5 Å². The number of H-pyrrole nitrogens is 2. The van der Waals surface area contributed by atoms with Crippen molar-refractivity contribution >= 4 is 11.1 Å². The molecule has 0 aliphatic carbocycles. The second-order valence-corrected chi connectivity index (χ2v) is 18.2. The highest BCUT2D eigenvalue weighted by molar-refractivity contribution is 5.84. The predicted octanol–water partition coefficient (Wildman–Crippen LogP) is 11.0. The van der Waals surface area contributed by atoms with E-state index in [0.29, 0.717) is 0 Å². The molecule has 370 valence electrons. The number of hydrogen-bond donors (Lipinski definition) is 4. The van der Waals surface area contributed by atoms with Crippen molar-refractivity contribution in [2.75, 3.05) is 0 Å². The molecule has 8 aromatic rings. The minimum absolute atomic E-state index is 0.0663. The van der Waals surface area contributed by atoms with E-state index in [0.717, 1.165) is 21.3 Å². The van der Waals surface area contributed by atoms with Gasteiger partial charge in [-0.2, -0.15) is 52.7 Å². The first-order valence-corrected chi connectivity index (χ1v) is 22.7. The maximum atomic E-state index is 16.4. The van der Waals surface area contributed by atoms with Crippen molar-refractivity contribution < 1.29 is 62.9 Å². The number of halogens is 12. The van der Waals surface area contributed by atoms with Crippen molar-refractivity contribution in [2.24, 2.45) is 0 Å². The zero-order valence-electron chi connectivity index (χ0n) is 37.2. The predicted molar refractivity (Wildman–Crippen MR) is 240 cm³/mol. The van der Waals surface area contributed by atoms with Crippen molar-refractivity contribution in [3.05, 3.63) is 235 Å². The molecule has 72 heavy (non-hydrogen) atoms. The maximum Gasteiger partial charge on any atom is 0.419 e. The van der Waals surface area contributed by atoms with Gasteiger partial charge >= 0.3 is 24.7 Å². The fraction of sp³-hybridized carbons (Fsp3) is 0.222. The van der Waals surface area contributed by atoms with Crippen LogP contribution in [-0.4, -0.2) is 41.5 Å². The zero-order valence-corrected chi connectivity index (χ0v) is 37.2. The SMILES string of the molecule is O[C@@H]1CCn2c3c(C(F)(F)F)c(C(F)(F)F)c2C1(c1ccccc1)c1ccc([nH]1)C1(c2ccccc2)c2c(C(F)(F)F)c(C(F)(F)F)c(n2CC[C@@H]1O)/C(c1ccccc1)=c1/cc/c([nH]1)=C/3c1ccccc1. The number of aliphatic hydroxyl groups is 2. The van der Waals surface area contributed by atoms with Crippen molar-refractivity contribution in [3.8, 4) is 0 Å². The van der Waals surface area contributed by atoms with Gasteiger partial charge in [-0.15, -0.1) is 0 Å². The van der Waals surface area contributed by atoms with Gasteiger partial charge in [0.1, 0.15) is 10.8 Å². The summed E-state index contributed by atoms with van der Waals surface area (Å²) in [7, 11) is 0. The van der Waals surface area contributed by atoms with Crippen LogP contribution in [0.3, 0.4) is 0 Å². The Morgan fingerprint density at radius 2 is 0.722 bits per heavy atom. The lowest BCUT2D eigenvalue weighted by atomic mass is 9.66. The van der Waals surface area contributed by atoms with E-state index in [1.54, 1.807) is 0 Å². The Morgan fingerprint density at radius 1 is 0.403 bits per heavy atom. The summed E-state index contributed by atoms with van der Waals surface area (Å²) in [5.74, 6) is 0. The van der Waals surface area contributed by atoms with Gasteiger partial charge in [0, 0.05) is 46.3 Å². The summed E-state index contributed by atoms with van der Waals surface area (Å²) in [6, 6.07) is 32.4. The fourth-order valence-corrected chi connectivity index (χ4v) is 12.0. The molecule has 7 heterocycles. The molecule has 11 rings (SSSR count). The van der Waals surface area contributed by atoms with E-state index in [-0.39, 0.29) is 33.0 Å². The third-order valence-electron chi connectivity index (χ3n) is 14.5. The van der Waals surface area contributed by atoms with Crippen LogP contribution in [0.2, 0.25) is 0 Å². The van der Waals surface area contributed by atoms with Crippen molar-refractivity contribution in [1.29, 1.82) is 0 Å². The topological polar surface area (TPSA) is 81.9 Å². The van der Waals surface area contributed by atoms with Crippen LogP contribution in [0.15, 0.2) is 146 Å². The zero-order chi connectivity index (χ0) is 50.9. The molecule has 0 fully saturated rings. The highest BCUT2D eigenvalue weighted by Gasteiger charge is 2.62. The largest absolute Gasteiger partial charge is 0.419 e. The molecule has 0 spiro atoms. The lowest BCUT2D eigenvalue weighted by Crippen LogP contribution is -2.50. The number of aliphatic hydroxyl groups excluding tert-OH is 2. The van der Waals surface area contributed by atoms with Gasteiger partial charge in [-0.25, -0.2) is 0 Å². The molecular weight excluding hydrogens is 965 g/mol. The standard InChI is InChI=1S/C54H38F12N4O2/c55-51(56,57)41-43(53(61,62)63)47-49(31-17-9-3-10-18-31)35-23-24-36(68-35)50(32-19-11-4-12-20-32)38(72)26-28-70-46(42(52(58,59)60)44(48(50)70)54(64,65)66)40(30-15-7-2-8-16-30)34-22-21-33(67-34)39(29-13-5-1-6-14-29)45(41)69(47)27-25-37(49)71/h1-24,37-38,67-68,71-72H,25-28H2/b39-33-,40-34-/t37-,38+,49?,50?. The maximum absolute atomic E-state index is 16.4. The van der Waals surface area contributed by atoms with Gasteiger partial charge in [0.15, 0.2) is 0 Å². The highest BCUT2D eigenvalue weighted by Crippen LogP contribution is 2.60. The van der Waals surface area contributed by atoms with E-state index in [9.17, 15) is 10.2 Å². The molecule has 4 N–H and O–H groups in total. The first-order valence-electron chi connectivity index (χ1n) is 22.7. The van der Waals surface area contributed by atoms with Gasteiger partial charge in [-0.1, -0.05) is 121 Å². The second kappa shape index (κ2) is 16.2. The van der Waals surface area contributed by atoms with Crippen LogP contribution >= 0.6 is 0 Å². The molecule has 4 atom stereocenters. The Hall–Kier alpha value is -7.18. The monoisotopic (exact) mass is 1000 g/mol. The van der Waals surface area contributed by atoms with Gasteiger partial charge in [0.05, 0.1) is 57.2 Å². The van der Waals surface area contributed by atoms with Gasteiger partial charge in [0.25, 0.3) is 0 Å². The van der Waals surface area contributed by atoms with E-state index in [4.69, 9.17) is 0 Å². The number of benzene rings is 4. The molecule has 0 amide bonds. The van der Waals surface area contributed by atoms with E-state index in [1.807, 2.05) is 0 Å². The molecule has 0 radical (unpaired) electrons. The van der Waals surface area contributed by atoms with Crippen molar-refractivity contribution in [1.82, 2.24) is 19.1 Å². The number of aromatic nitrogens is 4. The Labute approximate surface area is 400 Å². The summed E-state index contributed by atoms with van der Waals surface area (Å²) in [6.07, 6.45) is -28.2. The van der Waals surface area contributed by atoms with Crippen LogP contribution in [0, 0.1) is 0 Å². The Morgan fingerprint density at radius 3 is 1.04 bits per heavy atom. The summed E-state index contributed by atoms with van der Waals surface area (Å²) in [6.45, 7) is -1.24. The minimum atomic E-state index is -5.82. The second-order valence-electron chi connectivity index (χ2n) is 18.2. The molecule has 4 aromatic heterocycles. The summed E-state index contributed by atoms with van der Waals surface area (Å²) in [4.78, 5) is 5.88. The Bertz CT molecular complexity index is 3280. The number of nitrogens with one attached hydrogen (secondary N) is 2. The normalized spacial score (nSPS) is 22.8. The molecule has 18 heteroatoms. The van der Waals surface area contributed by atoms with Crippen molar-refractivity contribution in [2.45, 2.75) is 73.7 Å². The molecule has 2 unspecified atom stereocenters. The van der Waals surface area contributed by atoms with Crippen LogP contribution < -0.4 is 10.7 Å². The lowest BCUT2D eigenvalue weighted by molar-refractivity contribution is -0.162. The number of rotatable bonds is 4. The molecular formula is C54H38F12N4O2. The smallest absolute Gasteiger partial charge is 0.391 e. The third kappa shape index (κ3) is 6.73. The first-order chi connectivity index (χ1) is 34.1. The molecule has 3 aliphatic rings. The van der Waals surface area contributed by atoms with Crippen LogP contribution in [0.5, 0.6) is 0 Å². The summed E-state index contributed by atoms with van der Waals surface area (Å²) < 4.78 is 198. The number of fused-ring (bicyclic) bond motifs is 6. The molecule has 6 nitrogen and oxygen atoms in total. The van der Waals surface area contributed by atoms with Crippen molar-refractivity contribution in [3.63, 3.8) is 0 Å². The number of aromatic amines is 2. The summed E-state index contributed by atoms with van der Waals surface area (Å²) >= 11 is 0. The van der Waals surface area contributed by atoms with Gasteiger partial charge < -0.3 is 29.3 Å². The molecule has 0 saturated carbocycles. The Kier molecular flexibility index (Phi) is 10.6. The van der Waals surface area contributed by atoms with Crippen LogP contribution in [-0.2, 0) is 48.6 Å².